The van der Waals surface area contributed by atoms with Crippen LogP contribution in [-0.2, 0) is 17.9 Å². The molecule has 0 saturated carbocycles. The fraction of sp³-hybridized carbons (Fsp3) is 0.296. The number of pyridine rings is 1. The molecule has 0 unspecified atom stereocenters. The van der Waals surface area contributed by atoms with E-state index in [0.717, 1.165) is 23.4 Å². The third-order valence-corrected chi connectivity index (χ3v) is 4.68. The van der Waals surface area contributed by atoms with Gasteiger partial charge in [-0.05, 0) is 55.5 Å². The third kappa shape index (κ3) is 7.75. The lowest BCUT2D eigenvalue weighted by Crippen LogP contribution is -2.18. The lowest BCUT2D eigenvalue weighted by Gasteiger charge is -2.15. The SMILES string of the molecule is CC(C)Oc1ccc(Oc2ccc(CC=C(NOCc3ccccc3)C(C)C)cc2)cn1. The van der Waals surface area contributed by atoms with Gasteiger partial charge < -0.3 is 9.47 Å². The van der Waals surface area contributed by atoms with Crippen LogP contribution in [0, 0.1) is 5.92 Å². The van der Waals surface area contributed by atoms with E-state index in [4.69, 9.17) is 14.3 Å². The van der Waals surface area contributed by atoms with Crippen molar-refractivity contribution in [2.75, 3.05) is 0 Å². The number of nitrogens with one attached hydrogen (secondary N) is 1. The van der Waals surface area contributed by atoms with E-state index in [0.29, 0.717) is 24.2 Å². The number of benzene rings is 2. The molecular weight excluding hydrogens is 400 g/mol. The maximum absolute atomic E-state index is 5.89. The average molecular weight is 433 g/mol. The van der Waals surface area contributed by atoms with E-state index in [2.05, 4.69) is 42.5 Å². The van der Waals surface area contributed by atoms with Gasteiger partial charge in [-0.3, -0.25) is 10.3 Å². The highest BCUT2D eigenvalue weighted by Crippen LogP contribution is 2.23. The summed E-state index contributed by atoms with van der Waals surface area (Å²) in [6.07, 6.45) is 4.74. The summed E-state index contributed by atoms with van der Waals surface area (Å²) in [5.41, 5.74) is 6.51. The van der Waals surface area contributed by atoms with Crippen LogP contribution in [0.15, 0.2) is 84.7 Å². The topological polar surface area (TPSA) is 52.6 Å². The van der Waals surface area contributed by atoms with E-state index in [-0.39, 0.29) is 6.10 Å². The van der Waals surface area contributed by atoms with Crippen molar-refractivity contribution < 1.29 is 14.3 Å². The fourth-order valence-corrected chi connectivity index (χ4v) is 2.97. The van der Waals surface area contributed by atoms with E-state index in [1.54, 1.807) is 6.20 Å². The molecule has 168 valence electrons. The number of allylic oxidation sites excluding steroid dienone is 2. The molecule has 0 aliphatic rings. The lowest BCUT2D eigenvalue weighted by atomic mass is 10.1. The maximum atomic E-state index is 5.89. The summed E-state index contributed by atoms with van der Waals surface area (Å²) in [6, 6.07) is 21.9. The molecule has 3 aromatic rings. The Morgan fingerprint density at radius 3 is 2.22 bits per heavy atom. The summed E-state index contributed by atoms with van der Waals surface area (Å²) in [7, 11) is 0. The molecule has 0 saturated heterocycles. The number of hydroxylamine groups is 1. The smallest absolute Gasteiger partial charge is 0.213 e. The van der Waals surface area contributed by atoms with Gasteiger partial charge in [0.05, 0.1) is 18.9 Å². The van der Waals surface area contributed by atoms with Gasteiger partial charge in [-0.1, -0.05) is 62.4 Å². The normalized spacial score (nSPS) is 11.6. The van der Waals surface area contributed by atoms with Gasteiger partial charge in [-0.25, -0.2) is 4.98 Å². The molecule has 0 aliphatic carbocycles. The molecule has 0 amide bonds. The first-order valence-electron chi connectivity index (χ1n) is 11.0. The van der Waals surface area contributed by atoms with Gasteiger partial charge in [-0.2, -0.15) is 0 Å². The van der Waals surface area contributed by atoms with Crippen LogP contribution in [0.5, 0.6) is 17.4 Å². The number of nitrogens with zero attached hydrogens (tertiary/aromatic N) is 1. The standard InChI is InChI=1S/C27H32N2O3/c1-20(2)26(29-30-19-23-8-6-5-7-9-23)16-12-22-10-13-24(14-11-22)32-25-15-17-27(28-18-25)31-21(3)4/h5-11,13-18,20-21,29H,12,19H2,1-4H3. The molecule has 0 fully saturated rings. The van der Waals surface area contributed by atoms with Crippen molar-refractivity contribution in [1.29, 1.82) is 0 Å². The molecule has 0 bridgehead atoms. The minimum atomic E-state index is 0.0951. The minimum absolute atomic E-state index is 0.0951. The van der Waals surface area contributed by atoms with Crippen molar-refractivity contribution in [3.8, 4) is 17.4 Å². The summed E-state index contributed by atoms with van der Waals surface area (Å²) in [5.74, 6) is 2.38. The first-order chi connectivity index (χ1) is 15.5. The Labute approximate surface area is 191 Å². The second kappa shape index (κ2) is 11.9. The van der Waals surface area contributed by atoms with E-state index < -0.39 is 0 Å². The molecule has 32 heavy (non-hydrogen) atoms. The molecule has 5 nitrogen and oxygen atoms in total. The van der Waals surface area contributed by atoms with Crippen molar-refractivity contribution in [3.63, 3.8) is 0 Å². The molecular formula is C27H32N2O3. The molecule has 1 aromatic heterocycles. The zero-order chi connectivity index (χ0) is 22.8. The number of aromatic nitrogens is 1. The fourth-order valence-electron chi connectivity index (χ4n) is 2.97. The molecule has 1 heterocycles. The summed E-state index contributed by atoms with van der Waals surface area (Å²) in [4.78, 5) is 9.96. The van der Waals surface area contributed by atoms with Crippen LogP contribution in [0.25, 0.3) is 0 Å². The second-order valence-electron chi connectivity index (χ2n) is 8.14. The van der Waals surface area contributed by atoms with E-state index in [1.807, 2.05) is 68.4 Å². The Kier molecular flexibility index (Phi) is 8.70. The van der Waals surface area contributed by atoms with Crippen molar-refractivity contribution >= 4 is 0 Å². The summed E-state index contributed by atoms with van der Waals surface area (Å²) >= 11 is 0. The van der Waals surface area contributed by atoms with Crippen molar-refractivity contribution in [2.45, 2.75) is 46.8 Å². The highest BCUT2D eigenvalue weighted by atomic mass is 16.6. The molecule has 0 radical (unpaired) electrons. The van der Waals surface area contributed by atoms with Gasteiger partial charge in [0, 0.05) is 11.8 Å². The molecule has 3 rings (SSSR count). The van der Waals surface area contributed by atoms with Crippen LogP contribution in [0.1, 0.15) is 38.8 Å². The molecule has 5 heteroatoms. The number of rotatable bonds is 11. The van der Waals surface area contributed by atoms with Crippen molar-refractivity contribution in [1.82, 2.24) is 10.5 Å². The Bertz CT molecular complexity index is 966. The van der Waals surface area contributed by atoms with Crippen LogP contribution >= 0.6 is 0 Å². The average Bonchev–Trinajstić information content (AvgIpc) is 2.78. The molecule has 2 aromatic carbocycles. The maximum Gasteiger partial charge on any atom is 0.213 e. The lowest BCUT2D eigenvalue weighted by molar-refractivity contribution is 0.0433. The third-order valence-electron chi connectivity index (χ3n) is 4.68. The zero-order valence-corrected chi connectivity index (χ0v) is 19.2. The van der Waals surface area contributed by atoms with Crippen LogP contribution in [0.3, 0.4) is 0 Å². The predicted molar refractivity (Wildman–Crippen MR) is 128 cm³/mol. The highest BCUT2D eigenvalue weighted by Gasteiger charge is 2.05. The van der Waals surface area contributed by atoms with Crippen LogP contribution in [0.2, 0.25) is 0 Å². The zero-order valence-electron chi connectivity index (χ0n) is 19.2. The van der Waals surface area contributed by atoms with E-state index in [1.165, 1.54) is 5.56 Å². The number of hydrogen-bond donors (Lipinski definition) is 1. The summed E-state index contributed by atoms with van der Waals surface area (Å²) in [5, 5.41) is 0. The Balaban J connectivity index is 1.52. The quantitative estimate of drug-likeness (QED) is 0.352. The molecule has 0 aliphatic heterocycles. The largest absolute Gasteiger partial charge is 0.475 e. The van der Waals surface area contributed by atoms with Crippen molar-refractivity contribution in [3.05, 3.63) is 95.8 Å². The molecule has 0 spiro atoms. The number of ether oxygens (including phenoxy) is 2. The van der Waals surface area contributed by atoms with Gasteiger partial charge >= 0.3 is 0 Å². The van der Waals surface area contributed by atoms with Gasteiger partial charge in [0.15, 0.2) is 0 Å². The molecule has 0 atom stereocenters. The highest BCUT2D eigenvalue weighted by molar-refractivity contribution is 5.33. The Hall–Kier alpha value is -3.31. The van der Waals surface area contributed by atoms with Crippen LogP contribution in [-0.4, -0.2) is 11.1 Å². The summed E-state index contributed by atoms with van der Waals surface area (Å²) < 4.78 is 11.4. The number of hydrogen-bond acceptors (Lipinski definition) is 5. The van der Waals surface area contributed by atoms with E-state index >= 15 is 0 Å². The first-order valence-corrected chi connectivity index (χ1v) is 11.0. The molecule has 1 N–H and O–H groups in total. The van der Waals surface area contributed by atoms with Gasteiger partial charge in [-0.15, -0.1) is 0 Å². The van der Waals surface area contributed by atoms with Crippen LogP contribution in [0.4, 0.5) is 0 Å². The van der Waals surface area contributed by atoms with Crippen molar-refractivity contribution in [2.24, 2.45) is 5.92 Å². The van der Waals surface area contributed by atoms with Gasteiger partial charge in [0.1, 0.15) is 11.5 Å². The Morgan fingerprint density at radius 2 is 1.59 bits per heavy atom. The minimum Gasteiger partial charge on any atom is -0.475 e. The first kappa shape index (κ1) is 23.4. The monoisotopic (exact) mass is 432 g/mol. The second-order valence-corrected chi connectivity index (χ2v) is 8.14. The predicted octanol–water partition coefficient (Wildman–Crippen LogP) is 6.46. The summed E-state index contributed by atoms with van der Waals surface area (Å²) in [6.45, 7) is 8.76. The van der Waals surface area contributed by atoms with Gasteiger partial charge in [0.2, 0.25) is 5.88 Å². The van der Waals surface area contributed by atoms with Gasteiger partial charge in [0.25, 0.3) is 0 Å². The Morgan fingerprint density at radius 1 is 0.875 bits per heavy atom. The van der Waals surface area contributed by atoms with Crippen LogP contribution < -0.4 is 15.0 Å². The van der Waals surface area contributed by atoms with E-state index in [9.17, 15) is 0 Å².